The number of carboxylic acid groups (broad SMARTS) is 1. The molecule has 16 heavy (non-hydrogen) atoms. The number of carbonyl (C=O) groups is 2. The van der Waals surface area contributed by atoms with Crippen LogP contribution in [0.3, 0.4) is 0 Å². The van der Waals surface area contributed by atoms with Crippen LogP contribution in [0.1, 0.15) is 17.3 Å². The average Bonchev–Trinajstić information content (AvgIpc) is 2.59. The first kappa shape index (κ1) is 13.4. The van der Waals surface area contributed by atoms with Crippen molar-refractivity contribution in [2.75, 3.05) is 0 Å². The number of carbonyl (C=O) groups excluding carboxylic acids is 1. The zero-order valence-corrected chi connectivity index (χ0v) is 11.3. The van der Waals surface area contributed by atoms with Crippen molar-refractivity contribution in [3.05, 3.63) is 19.9 Å². The molecule has 0 saturated heterocycles. The van der Waals surface area contributed by atoms with Crippen LogP contribution in [0.2, 0.25) is 0 Å². The fourth-order valence-corrected chi connectivity index (χ4v) is 2.37. The molecule has 1 amide bonds. The molecule has 5 nitrogen and oxygen atoms in total. The zero-order chi connectivity index (χ0) is 12.3. The highest BCUT2D eigenvalue weighted by Crippen LogP contribution is 2.16. The van der Waals surface area contributed by atoms with Crippen molar-refractivity contribution in [1.82, 2.24) is 5.32 Å². The minimum Gasteiger partial charge on any atom is -0.480 e. The highest BCUT2D eigenvalue weighted by molar-refractivity contribution is 14.1. The van der Waals surface area contributed by atoms with E-state index in [1.165, 1.54) is 18.3 Å². The van der Waals surface area contributed by atoms with Gasteiger partial charge in [0.1, 0.15) is 0 Å². The number of rotatable bonds is 4. The maximum Gasteiger partial charge on any atom is 0.328 e. The van der Waals surface area contributed by atoms with Crippen molar-refractivity contribution < 1.29 is 19.8 Å². The van der Waals surface area contributed by atoms with Crippen molar-refractivity contribution >= 4 is 45.8 Å². The van der Waals surface area contributed by atoms with Crippen LogP contribution in [0.4, 0.5) is 0 Å². The molecule has 1 aromatic rings. The van der Waals surface area contributed by atoms with E-state index < -0.39 is 24.0 Å². The number of amides is 1. The summed E-state index contributed by atoms with van der Waals surface area (Å²) in [6.07, 6.45) is -1.14. The predicted molar refractivity (Wildman–Crippen MR) is 67.6 cm³/mol. The topological polar surface area (TPSA) is 86.6 Å². The Labute approximate surface area is 110 Å². The third kappa shape index (κ3) is 3.42. The summed E-state index contributed by atoms with van der Waals surface area (Å²) < 4.78 is 0.937. The Morgan fingerprint density at radius 1 is 1.56 bits per heavy atom. The van der Waals surface area contributed by atoms with Crippen LogP contribution in [0.15, 0.2) is 11.4 Å². The zero-order valence-electron chi connectivity index (χ0n) is 8.31. The van der Waals surface area contributed by atoms with E-state index in [1.807, 2.05) is 0 Å². The summed E-state index contributed by atoms with van der Waals surface area (Å²) in [4.78, 5) is 22.3. The van der Waals surface area contributed by atoms with Gasteiger partial charge in [0.25, 0.3) is 5.91 Å². The first-order valence-corrected chi connectivity index (χ1v) is 6.33. The Morgan fingerprint density at radius 2 is 2.19 bits per heavy atom. The molecule has 1 heterocycles. The minimum absolute atomic E-state index is 0.404. The first-order valence-electron chi connectivity index (χ1n) is 4.37. The van der Waals surface area contributed by atoms with Gasteiger partial charge in [-0.15, -0.1) is 11.3 Å². The Bertz CT molecular complexity index is 404. The van der Waals surface area contributed by atoms with E-state index in [4.69, 9.17) is 5.11 Å². The molecule has 0 aliphatic rings. The van der Waals surface area contributed by atoms with Gasteiger partial charge >= 0.3 is 5.97 Å². The van der Waals surface area contributed by atoms with Crippen LogP contribution in [-0.4, -0.2) is 34.2 Å². The van der Waals surface area contributed by atoms with Crippen LogP contribution in [0.25, 0.3) is 0 Å². The molecule has 88 valence electrons. The molecule has 1 rings (SSSR count). The highest BCUT2D eigenvalue weighted by atomic mass is 127. The van der Waals surface area contributed by atoms with Gasteiger partial charge < -0.3 is 15.5 Å². The molecule has 0 unspecified atom stereocenters. The molecule has 0 bridgehead atoms. The van der Waals surface area contributed by atoms with Gasteiger partial charge in [0.2, 0.25) is 0 Å². The van der Waals surface area contributed by atoms with E-state index in [2.05, 4.69) is 27.9 Å². The van der Waals surface area contributed by atoms with Gasteiger partial charge in [-0.05, 0) is 35.6 Å². The summed E-state index contributed by atoms with van der Waals surface area (Å²) in [7, 11) is 0. The summed E-state index contributed by atoms with van der Waals surface area (Å²) in [5.41, 5.74) is 0.404. The second-order valence-corrected chi connectivity index (χ2v) is 5.97. The number of hydrogen-bond donors (Lipinski definition) is 3. The van der Waals surface area contributed by atoms with Crippen LogP contribution < -0.4 is 5.32 Å². The van der Waals surface area contributed by atoms with Gasteiger partial charge in [-0.2, -0.15) is 0 Å². The molecular weight excluding hydrogens is 345 g/mol. The number of carboxylic acids is 1. The Morgan fingerprint density at radius 3 is 2.56 bits per heavy atom. The molecule has 0 spiro atoms. The molecule has 7 heteroatoms. The smallest absolute Gasteiger partial charge is 0.328 e. The molecule has 0 radical (unpaired) electrons. The normalized spacial score (nSPS) is 14.2. The first-order chi connectivity index (χ1) is 7.41. The largest absolute Gasteiger partial charge is 0.480 e. The van der Waals surface area contributed by atoms with Crippen molar-refractivity contribution in [1.29, 1.82) is 0 Å². The summed E-state index contributed by atoms with van der Waals surface area (Å²) in [5, 5.41) is 21.9. The highest BCUT2D eigenvalue weighted by Gasteiger charge is 2.25. The molecule has 2 atom stereocenters. The van der Waals surface area contributed by atoms with Crippen molar-refractivity contribution in [3.8, 4) is 0 Å². The monoisotopic (exact) mass is 355 g/mol. The van der Waals surface area contributed by atoms with Gasteiger partial charge in [0, 0.05) is 5.38 Å². The maximum atomic E-state index is 11.6. The van der Waals surface area contributed by atoms with Gasteiger partial charge in [0.15, 0.2) is 6.04 Å². The summed E-state index contributed by atoms with van der Waals surface area (Å²) >= 11 is 3.46. The van der Waals surface area contributed by atoms with E-state index in [9.17, 15) is 14.7 Å². The van der Waals surface area contributed by atoms with E-state index >= 15 is 0 Å². The number of nitrogens with one attached hydrogen (secondary N) is 1. The Hall–Kier alpha value is -0.670. The van der Waals surface area contributed by atoms with Crippen LogP contribution in [0, 0.1) is 2.88 Å². The lowest BCUT2D eigenvalue weighted by Crippen LogP contribution is -2.47. The maximum absolute atomic E-state index is 11.6. The summed E-state index contributed by atoms with van der Waals surface area (Å²) in [6.45, 7) is 1.32. The molecular formula is C9H10INO4S. The van der Waals surface area contributed by atoms with Crippen LogP contribution in [0.5, 0.6) is 0 Å². The van der Waals surface area contributed by atoms with Crippen LogP contribution >= 0.6 is 33.9 Å². The van der Waals surface area contributed by atoms with E-state index in [1.54, 1.807) is 11.4 Å². The number of thiophene rings is 1. The van der Waals surface area contributed by atoms with Gasteiger partial charge in [-0.3, -0.25) is 4.79 Å². The third-order valence-corrected chi connectivity index (χ3v) is 3.65. The molecule has 1 aromatic heterocycles. The van der Waals surface area contributed by atoms with Crippen molar-refractivity contribution in [2.45, 2.75) is 19.1 Å². The fourth-order valence-electron chi connectivity index (χ4n) is 1.04. The second-order valence-electron chi connectivity index (χ2n) is 3.17. The average molecular weight is 355 g/mol. The number of halogens is 1. The van der Waals surface area contributed by atoms with Gasteiger partial charge in [-0.1, -0.05) is 0 Å². The van der Waals surface area contributed by atoms with Gasteiger partial charge in [-0.25, -0.2) is 4.79 Å². The summed E-state index contributed by atoms with van der Waals surface area (Å²) in [6, 6.07) is 0.367. The van der Waals surface area contributed by atoms with Gasteiger partial charge in [0.05, 0.1) is 14.6 Å². The van der Waals surface area contributed by atoms with Crippen molar-refractivity contribution in [3.63, 3.8) is 0 Å². The predicted octanol–water partition coefficient (Wildman–Crippen LogP) is 0.917. The van der Waals surface area contributed by atoms with Crippen molar-refractivity contribution in [2.24, 2.45) is 0 Å². The second kappa shape index (κ2) is 5.60. The quantitative estimate of drug-likeness (QED) is 0.701. The van der Waals surface area contributed by atoms with E-state index in [0.29, 0.717) is 5.56 Å². The Balaban J connectivity index is 2.73. The number of aliphatic hydroxyl groups is 1. The lowest BCUT2D eigenvalue weighted by molar-refractivity contribution is -0.141. The number of aliphatic hydroxyl groups excluding tert-OH is 1. The molecule has 3 N–H and O–H groups in total. The standard InChI is InChI=1S/C9H10INO4S/c1-4(12)7(9(14)15)11-8(13)5-2-6(10)16-3-5/h2-4,7,12H,1H3,(H,11,13)(H,14,15)/t4-,7+/m1/s1. The molecule has 0 aromatic carbocycles. The van der Waals surface area contributed by atoms with Crippen LogP contribution in [-0.2, 0) is 4.79 Å². The summed E-state index contributed by atoms with van der Waals surface area (Å²) in [5.74, 6) is -1.75. The van der Waals surface area contributed by atoms with E-state index in [-0.39, 0.29) is 0 Å². The third-order valence-electron chi connectivity index (χ3n) is 1.86. The minimum atomic E-state index is -1.29. The lowest BCUT2D eigenvalue weighted by Gasteiger charge is -2.16. The molecule has 0 aliphatic heterocycles. The molecule has 0 fully saturated rings. The van der Waals surface area contributed by atoms with E-state index in [0.717, 1.165) is 2.88 Å². The Kier molecular flexibility index (Phi) is 4.69. The number of aliphatic carboxylic acids is 1. The fraction of sp³-hybridized carbons (Fsp3) is 0.333. The number of hydrogen-bond acceptors (Lipinski definition) is 4. The molecule has 0 saturated carbocycles. The SMILES string of the molecule is C[C@@H](O)[C@H](NC(=O)c1csc(I)c1)C(=O)O. The molecule has 0 aliphatic carbocycles. The lowest BCUT2D eigenvalue weighted by atomic mass is 10.1.